The van der Waals surface area contributed by atoms with Crippen LogP contribution in [0, 0.1) is 6.92 Å². The second-order valence-corrected chi connectivity index (χ2v) is 5.90. The van der Waals surface area contributed by atoms with Gasteiger partial charge in [0.2, 0.25) is 0 Å². The van der Waals surface area contributed by atoms with E-state index >= 15 is 0 Å². The standard InChI is InChI=1S/C18H27NO2/c1-3-21-18(20)17(16-13-9-8-10-14(16)2)19-15-11-6-4-5-7-12-15/h8-10,13,15,17,19H,3-7,11-12H2,1-2H3. The van der Waals surface area contributed by atoms with Gasteiger partial charge in [-0.25, -0.2) is 4.79 Å². The number of hydrogen-bond acceptors (Lipinski definition) is 3. The summed E-state index contributed by atoms with van der Waals surface area (Å²) in [6, 6.07) is 8.16. The number of ether oxygens (including phenoxy) is 1. The van der Waals surface area contributed by atoms with Crippen LogP contribution in [0.3, 0.4) is 0 Å². The Hall–Kier alpha value is -1.35. The summed E-state index contributed by atoms with van der Waals surface area (Å²) in [6.07, 6.45) is 7.44. The lowest BCUT2D eigenvalue weighted by atomic mass is 9.99. The summed E-state index contributed by atoms with van der Waals surface area (Å²) in [5.41, 5.74) is 2.18. The Bertz CT molecular complexity index is 450. The van der Waals surface area contributed by atoms with Gasteiger partial charge >= 0.3 is 5.97 Å². The van der Waals surface area contributed by atoms with Crippen molar-refractivity contribution in [3.05, 3.63) is 35.4 Å². The molecule has 0 aromatic heterocycles. The topological polar surface area (TPSA) is 38.3 Å². The average Bonchev–Trinajstić information content (AvgIpc) is 2.74. The van der Waals surface area contributed by atoms with Crippen molar-refractivity contribution in [2.45, 2.75) is 64.5 Å². The van der Waals surface area contributed by atoms with Crippen LogP contribution in [-0.2, 0) is 9.53 Å². The first-order chi connectivity index (χ1) is 10.2. The number of carbonyl (C=O) groups is 1. The van der Waals surface area contributed by atoms with E-state index in [1.807, 2.05) is 25.1 Å². The first-order valence-corrected chi connectivity index (χ1v) is 8.20. The van der Waals surface area contributed by atoms with Gasteiger partial charge in [0.25, 0.3) is 0 Å². The molecule has 0 radical (unpaired) electrons. The van der Waals surface area contributed by atoms with Crippen LogP contribution >= 0.6 is 0 Å². The fourth-order valence-corrected chi connectivity index (χ4v) is 3.10. The molecule has 1 aromatic rings. The maximum absolute atomic E-state index is 12.4. The van der Waals surface area contributed by atoms with Crippen molar-refractivity contribution in [1.29, 1.82) is 0 Å². The molecular formula is C18H27NO2. The number of hydrogen-bond donors (Lipinski definition) is 1. The fraction of sp³-hybridized carbons (Fsp3) is 0.611. The Kier molecular flexibility index (Phi) is 6.24. The van der Waals surface area contributed by atoms with E-state index < -0.39 is 0 Å². The molecule has 2 rings (SSSR count). The van der Waals surface area contributed by atoms with Gasteiger partial charge in [0.15, 0.2) is 0 Å². The van der Waals surface area contributed by atoms with Crippen LogP contribution in [0.5, 0.6) is 0 Å². The van der Waals surface area contributed by atoms with Crippen LogP contribution in [-0.4, -0.2) is 18.6 Å². The van der Waals surface area contributed by atoms with Crippen molar-refractivity contribution in [2.24, 2.45) is 0 Å². The Balaban J connectivity index is 2.15. The second kappa shape index (κ2) is 8.18. The first kappa shape index (κ1) is 16.0. The fourth-order valence-electron chi connectivity index (χ4n) is 3.10. The van der Waals surface area contributed by atoms with Crippen molar-refractivity contribution in [3.63, 3.8) is 0 Å². The molecule has 1 aliphatic carbocycles. The quantitative estimate of drug-likeness (QED) is 0.659. The normalized spacial score (nSPS) is 18.0. The van der Waals surface area contributed by atoms with E-state index in [1.165, 1.54) is 25.7 Å². The number of carbonyl (C=O) groups excluding carboxylic acids is 1. The lowest BCUT2D eigenvalue weighted by Gasteiger charge is -2.25. The summed E-state index contributed by atoms with van der Waals surface area (Å²) >= 11 is 0. The molecule has 0 amide bonds. The van der Waals surface area contributed by atoms with Crippen molar-refractivity contribution in [3.8, 4) is 0 Å². The third-order valence-electron chi connectivity index (χ3n) is 4.28. The number of benzene rings is 1. The zero-order valence-corrected chi connectivity index (χ0v) is 13.2. The zero-order chi connectivity index (χ0) is 15.1. The largest absolute Gasteiger partial charge is 0.465 e. The Morgan fingerprint density at radius 1 is 1.24 bits per heavy atom. The molecule has 3 heteroatoms. The molecule has 1 aliphatic rings. The van der Waals surface area contributed by atoms with Gasteiger partial charge in [-0.3, -0.25) is 5.32 Å². The summed E-state index contributed by atoms with van der Waals surface area (Å²) in [4.78, 5) is 12.4. The molecule has 0 heterocycles. The Labute approximate surface area is 128 Å². The van der Waals surface area contributed by atoms with Gasteiger partial charge in [0, 0.05) is 6.04 Å². The maximum atomic E-state index is 12.4. The minimum atomic E-state index is -0.339. The van der Waals surface area contributed by atoms with Crippen LogP contribution in [0.25, 0.3) is 0 Å². The highest BCUT2D eigenvalue weighted by atomic mass is 16.5. The summed E-state index contributed by atoms with van der Waals surface area (Å²) in [6.45, 7) is 4.34. The Morgan fingerprint density at radius 2 is 1.90 bits per heavy atom. The summed E-state index contributed by atoms with van der Waals surface area (Å²) in [5.74, 6) is -0.156. The summed E-state index contributed by atoms with van der Waals surface area (Å²) in [7, 11) is 0. The SMILES string of the molecule is CCOC(=O)C(NC1CCCCCC1)c1ccccc1C. The van der Waals surface area contributed by atoms with Gasteiger partial charge in [-0.2, -0.15) is 0 Å². The van der Waals surface area contributed by atoms with Crippen LogP contribution in [0.2, 0.25) is 0 Å². The monoisotopic (exact) mass is 289 g/mol. The summed E-state index contributed by atoms with van der Waals surface area (Å²) in [5, 5.41) is 3.56. The van der Waals surface area contributed by atoms with Crippen LogP contribution < -0.4 is 5.32 Å². The number of esters is 1. The smallest absolute Gasteiger partial charge is 0.327 e. The van der Waals surface area contributed by atoms with E-state index in [9.17, 15) is 4.79 Å². The molecule has 1 aromatic carbocycles. The van der Waals surface area contributed by atoms with E-state index in [1.54, 1.807) is 0 Å². The van der Waals surface area contributed by atoms with Crippen LogP contribution in [0.1, 0.15) is 62.6 Å². The third-order valence-corrected chi connectivity index (χ3v) is 4.28. The second-order valence-electron chi connectivity index (χ2n) is 5.90. The summed E-state index contributed by atoms with van der Waals surface area (Å²) < 4.78 is 5.28. The van der Waals surface area contributed by atoms with Gasteiger partial charge in [-0.1, -0.05) is 49.9 Å². The molecule has 116 valence electrons. The third kappa shape index (κ3) is 4.57. The molecule has 1 saturated carbocycles. The predicted molar refractivity (Wildman–Crippen MR) is 85.2 cm³/mol. The molecule has 1 N–H and O–H groups in total. The van der Waals surface area contributed by atoms with Gasteiger partial charge in [-0.05, 0) is 37.8 Å². The van der Waals surface area contributed by atoms with Crippen molar-refractivity contribution < 1.29 is 9.53 Å². The van der Waals surface area contributed by atoms with Crippen molar-refractivity contribution >= 4 is 5.97 Å². The first-order valence-electron chi connectivity index (χ1n) is 8.20. The number of nitrogens with one attached hydrogen (secondary N) is 1. The molecule has 0 spiro atoms. The van der Waals surface area contributed by atoms with Crippen LogP contribution in [0.15, 0.2) is 24.3 Å². The molecule has 0 bridgehead atoms. The zero-order valence-electron chi connectivity index (χ0n) is 13.2. The highest BCUT2D eigenvalue weighted by molar-refractivity contribution is 5.78. The molecule has 3 nitrogen and oxygen atoms in total. The van der Waals surface area contributed by atoms with Gasteiger partial charge in [0.05, 0.1) is 6.61 Å². The van der Waals surface area contributed by atoms with Crippen molar-refractivity contribution in [2.75, 3.05) is 6.61 Å². The molecular weight excluding hydrogens is 262 g/mol. The number of aryl methyl sites for hydroxylation is 1. The van der Waals surface area contributed by atoms with E-state index in [-0.39, 0.29) is 12.0 Å². The highest BCUT2D eigenvalue weighted by Crippen LogP contribution is 2.24. The van der Waals surface area contributed by atoms with Gasteiger partial charge < -0.3 is 4.74 Å². The highest BCUT2D eigenvalue weighted by Gasteiger charge is 2.26. The lowest BCUT2D eigenvalue weighted by Crippen LogP contribution is -2.38. The predicted octanol–water partition coefficient (Wildman–Crippen LogP) is 3.91. The molecule has 1 fully saturated rings. The van der Waals surface area contributed by atoms with E-state index in [0.29, 0.717) is 12.6 Å². The lowest BCUT2D eigenvalue weighted by molar-refractivity contribution is -0.146. The average molecular weight is 289 g/mol. The maximum Gasteiger partial charge on any atom is 0.327 e. The van der Waals surface area contributed by atoms with Crippen molar-refractivity contribution in [1.82, 2.24) is 5.32 Å². The molecule has 21 heavy (non-hydrogen) atoms. The molecule has 0 saturated heterocycles. The molecule has 1 unspecified atom stereocenters. The number of rotatable bonds is 5. The molecule has 1 atom stereocenters. The van der Waals surface area contributed by atoms with E-state index in [0.717, 1.165) is 24.0 Å². The van der Waals surface area contributed by atoms with E-state index in [4.69, 9.17) is 4.74 Å². The van der Waals surface area contributed by atoms with E-state index in [2.05, 4.69) is 18.3 Å². The van der Waals surface area contributed by atoms with Crippen LogP contribution in [0.4, 0.5) is 0 Å². The van der Waals surface area contributed by atoms with Gasteiger partial charge in [0.1, 0.15) is 6.04 Å². The Morgan fingerprint density at radius 3 is 2.52 bits per heavy atom. The molecule has 0 aliphatic heterocycles. The van der Waals surface area contributed by atoms with Gasteiger partial charge in [-0.15, -0.1) is 0 Å². The minimum Gasteiger partial charge on any atom is -0.465 e. The minimum absolute atomic E-state index is 0.156.